The summed E-state index contributed by atoms with van der Waals surface area (Å²) >= 11 is 1.34. The summed E-state index contributed by atoms with van der Waals surface area (Å²) < 4.78 is 4.29. The second kappa shape index (κ2) is 7.06. The Morgan fingerprint density at radius 1 is 1.35 bits per heavy atom. The normalized spacial score (nSPS) is 15.7. The number of anilines is 1. The van der Waals surface area contributed by atoms with Crippen LogP contribution in [0.15, 0.2) is 24.5 Å². The molecule has 0 bridgehead atoms. The van der Waals surface area contributed by atoms with E-state index >= 15 is 0 Å². The van der Waals surface area contributed by atoms with Crippen molar-refractivity contribution in [3.8, 4) is 0 Å². The minimum Gasteiger partial charge on any atom is -0.378 e. The number of rotatable bonds is 4. The van der Waals surface area contributed by atoms with Gasteiger partial charge >= 0.3 is 0 Å². The van der Waals surface area contributed by atoms with Crippen LogP contribution in [0.3, 0.4) is 0 Å². The van der Waals surface area contributed by atoms with Gasteiger partial charge in [0.25, 0.3) is 5.91 Å². The third-order valence-corrected chi connectivity index (χ3v) is 5.05. The molecule has 0 aliphatic carbocycles. The Hall–Kier alpha value is -1.99. The van der Waals surface area contributed by atoms with Crippen molar-refractivity contribution in [2.24, 2.45) is 0 Å². The lowest BCUT2D eigenvalue weighted by molar-refractivity contribution is 0.0629. The summed E-state index contributed by atoms with van der Waals surface area (Å²) in [7, 11) is 1.83. The van der Waals surface area contributed by atoms with Crippen molar-refractivity contribution in [3.63, 3.8) is 0 Å². The Balaban J connectivity index is 1.60. The molecule has 0 aromatic carbocycles. The van der Waals surface area contributed by atoms with Gasteiger partial charge in [-0.25, -0.2) is 0 Å². The van der Waals surface area contributed by atoms with Crippen LogP contribution in [0.2, 0.25) is 0 Å². The van der Waals surface area contributed by atoms with Crippen LogP contribution in [-0.2, 0) is 6.54 Å². The molecular formula is C16H21N5OS. The lowest BCUT2D eigenvalue weighted by Crippen LogP contribution is -2.48. The molecule has 122 valence electrons. The van der Waals surface area contributed by atoms with Gasteiger partial charge in [0.1, 0.15) is 5.00 Å². The Morgan fingerprint density at radius 2 is 2.13 bits per heavy atom. The molecule has 0 spiro atoms. The van der Waals surface area contributed by atoms with Gasteiger partial charge in [-0.1, -0.05) is 6.07 Å². The average molecular weight is 331 g/mol. The molecule has 0 radical (unpaired) electrons. The van der Waals surface area contributed by atoms with Crippen molar-refractivity contribution in [1.82, 2.24) is 19.2 Å². The molecule has 0 saturated carbocycles. The van der Waals surface area contributed by atoms with Crippen LogP contribution in [0.4, 0.5) is 5.00 Å². The van der Waals surface area contributed by atoms with E-state index in [2.05, 4.69) is 25.6 Å². The maximum absolute atomic E-state index is 12.8. The van der Waals surface area contributed by atoms with Gasteiger partial charge in [0, 0.05) is 52.2 Å². The van der Waals surface area contributed by atoms with Crippen molar-refractivity contribution < 1.29 is 4.79 Å². The van der Waals surface area contributed by atoms with E-state index in [0.29, 0.717) is 0 Å². The van der Waals surface area contributed by atoms with Crippen molar-refractivity contribution in [1.29, 1.82) is 0 Å². The molecule has 3 heterocycles. The van der Waals surface area contributed by atoms with E-state index in [-0.39, 0.29) is 5.91 Å². The average Bonchev–Trinajstić information content (AvgIpc) is 2.96. The van der Waals surface area contributed by atoms with E-state index in [9.17, 15) is 4.79 Å². The van der Waals surface area contributed by atoms with Crippen LogP contribution in [0, 0.1) is 6.92 Å². The Kier molecular flexibility index (Phi) is 4.88. The number of hydrogen-bond acceptors (Lipinski definition) is 6. The number of piperazine rings is 1. The first-order valence-corrected chi connectivity index (χ1v) is 8.51. The predicted octanol–water partition coefficient (Wildman–Crippen LogP) is 1.85. The third kappa shape index (κ3) is 3.51. The molecule has 1 aliphatic heterocycles. The molecule has 1 fully saturated rings. The number of aromatic nitrogens is 2. The number of carbonyl (C=O) groups is 1. The van der Waals surface area contributed by atoms with Crippen molar-refractivity contribution in [3.05, 3.63) is 41.3 Å². The van der Waals surface area contributed by atoms with E-state index in [1.807, 2.05) is 31.1 Å². The monoisotopic (exact) mass is 331 g/mol. The number of nitrogens with one attached hydrogen (secondary N) is 1. The molecular weight excluding hydrogens is 310 g/mol. The maximum Gasteiger partial charge on any atom is 0.258 e. The van der Waals surface area contributed by atoms with E-state index in [1.54, 1.807) is 6.20 Å². The minimum absolute atomic E-state index is 0.0848. The van der Waals surface area contributed by atoms with Gasteiger partial charge in [0.2, 0.25) is 0 Å². The van der Waals surface area contributed by atoms with E-state index in [0.717, 1.165) is 49.0 Å². The fourth-order valence-corrected chi connectivity index (χ4v) is 3.55. The van der Waals surface area contributed by atoms with Crippen molar-refractivity contribution >= 4 is 22.4 Å². The first-order chi connectivity index (χ1) is 11.2. The van der Waals surface area contributed by atoms with Gasteiger partial charge in [0.05, 0.1) is 11.3 Å². The van der Waals surface area contributed by atoms with Gasteiger partial charge in [-0.05, 0) is 30.1 Å². The highest BCUT2D eigenvalue weighted by Crippen LogP contribution is 2.25. The van der Waals surface area contributed by atoms with Gasteiger partial charge < -0.3 is 10.2 Å². The van der Waals surface area contributed by atoms with Crippen LogP contribution < -0.4 is 5.32 Å². The summed E-state index contributed by atoms with van der Waals surface area (Å²) in [6.07, 6.45) is 3.69. The SMILES string of the molecule is CNc1snc(C)c1C(=O)N1CCN(Cc2cccnc2)CC1. The van der Waals surface area contributed by atoms with Crippen molar-refractivity contribution in [2.75, 3.05) is 38.5 Å². The number of amides is 1. The van der Waals surface area contributed by atoms with Crippen LogP contribution in [0.25, 0.3) is 0 Å². The highest BCUT2D eigenvalue weighted by atomic mass is 32.1. The van der Waals surface area contributed by atoms with Gasteiger partial charge in [-0.2, -0.15) is 4.37 Å². The zero-order valence-electron chi connectivity index (χ0n) is 13.5. The third-order valence-electron chi connectivity index (χ3n) is 4.09. The maximum atomic E-state index is 12.8. The molecule has 1 N–H and O–H groups in total. The molecule has 23 heavy (non-hydrogen) atoms. The molecule has 7 heteroatoms. The summed E-state index contributed by atoms with van der Waals surface area (Å²) in [6, 6.07) is 4.05. The number of hydrogen-bond donors (Lipinski definition) is 1. The Labute approximate surface area is 140 Å². The molecule has 1 saturated heterocycles. The summed E-state index contributed by atoms with van der Waals surface area (Å²) in [4.78, 5) is 21.2. The second-order valence-electron chi connectivity index (χ2n) is 5.65. The van der Waals surface area contributed by atoms with E-state index in [1.165, 1.54) is 17.1 Å². The molecule has 1 aliphatic rings. The number of aryl methyl sites for hydroxylation is 1. The summed E-state index contributed by atoms with van der Waals surface area (Å²) in [5.41, 5.74) is 2.74. The zero-order chi connectivity index (χ0) is 16.2. The first-order valence-electron chi connectivity index (χ1n) is 7.73. The van der Waals surface area contributed by atoms with Gasteiger partial charge in [0.15, 0.2) is 0 Å². The number of pyridine rings is 1. The first kappa shape index (κ1) is 15.9. The Morgan fingerprint density at radius 3 is 2.78 bits per heavy atom. The fraction of sp³-hybridized carbons (Fsp3) is 0.438. The molecule has 1 amide bonds. The number of carbonyl (C=O) groups excluding carboxylic acids is 1. The fourth-order valence-electron chi connectivity index (χ4n) is 2.81. The Bertz CT molecular complexity index is 664. The zero-order valence-corrected chi connectivity index (χ0v) is 14.3. The van der Waals surface area contributed by atoms with E-state index in [4.69, 9.17) is 0 Å². The second-order valence-corrected chi connectivity index (χ2v) is 6.43. The highest BCUT2D eigenvalue weighted by Gasteiger charge is 2.26. The highest BCUT2D eigenvalue weighted by molar-refractivity contribution is 7.10. The largest absolute Gasteiger partial charge is 0.378 e. The predicted molar refractivity (Wildman–Crippen MR) is 91.8 cm³/mol. The molecule has 3 rings (SSSR count). The lowest BCUT2D eigenvalue weighted by Gasteiger charge is -2.34. The van der Waals surface area contributed by atoms with Gasteiger partial charge in [-0.15, -0.1) is 0 Å². The molecule has 0 atom stereocenters. The summed E-state index contributed by atoms with van der Waals surface area (Å²) in [5.74, 6) is 0.0848. The molecule has 2 aromatic rings. The van der Waals surface area contributed by atoms with Crippen LogP contribution in [0.5, 0.6) is 0 Å². The van der Waals surface area contributed by atoms with E-state index < -0.39 is 0 Å². The lowest BCUT2D eigenvalue weighted by atomic mass is 10.2. The smallest absolute Gasteiger partial charge is 0.258 e. The standard InChI is InChI=1S/C16H21N5OS/c1-12-14(15(17-2)23-19-12)16(22)21-8-6-20(7-9-21)11-13-4-3-5-18-10-13/h3-5,10,17H,6-9,11H2,1-2H3. The molecule has 2 aromatic heterocycles. The molecule has 6 nitrogen and oxygen atoms in total. The van der Waals surface area contributed by atoms with Crippen LogP contribution in [-0.4, -0.2) is 58.3 Å². The van der Waals surface area contributed by atoms with Crippen molar-refractivity contribution in [2.45, 2.75) is 13.5 Å². The van der Waals surface area contributed by atoms with Crippen LogP contribution >= 0.6 is 11.5 Å². The summed E-state index contributed by atoms with van der Waals surface area (Å²) in [5, 5.41) is 3.92. The van der Waals surface area contributed by atoms with Gasteiger partial charge in [-0.3, -0.25) is 14.7 Å². The quantitative estimate of drug-likeness (QED) is 0.926. The summed E-state index contributed by atoms with van der Waals surface area (Å²) in [6.45, 7) is 6.03. The van der Waals surface area contributed by atoms with Crippen LogP contribution in [0.1, 0.15) is 21.6 Å². The topological polar surface area (TPSA) is 61.4 Å². The molecule has 0 unspecified atom stereocenters. The number of nitrogens with zero attached hydrogens (tertiary/aromatic N) is 4. The minimum atomic E-state index is 0.0848.